The molecule has 1 N–H and O–H groups in total. The van der Waals surface area contributed by atoms with Gasteiger partial charge in [0.05, 0.1) is 17.7 Å². The van der Waals surface area contributed by atoms with Crippen LogP contribution >= 0.6 is 23.2 Å². The van der Waals surface area contributed by atoms with E-state index in [4.69, 9.17) is 27.9 Å². The summed E-state index contributed by atoms with van der Waals surface area (Å²) >= 11 is 11.6. The van der Waals surface area contributed by atoms with Gasteiger partial charge in [0.2, 0.25) is 0 Å². The third kappa shape index (κ3) is 3.36. The van der Waals surface area contributed by atoms with Crippen LogP contribution in [0.1, 0.15) is 10.4 Å². The zero-order valence-corrected chi connectivity index (χ0v) is 11.5. The number of hydrogen-bond acceptors (Lipinski definition) is 3. The van der Waals surface area contributed by atoms with Crippen LogP contribution in [0, 0.1) is 0 Å². The smallest absolute Gasteiger partial charge is 0.257 e. The van der Waals surface area contributed by atoms with Crippen molar-refractivity contribution in [3.05, 3.63) is 52.3 Å². The number of nitrogens with one attached hydrogen (secondary N) is 1. The molecule has 0 unspecified atom stereocenters. The molecule has 0 radical (unpaired) electrons. The van der Waals surface area contributed by atoms with Crippen molar-refractivity contribution >= 4 is 34.8 Å². The van der Waals surface area contributed by atoms with Gasteiger partial charge in [0.1, 0.15) is 10.9 Å². The van der Waals surface area contributed by atoms with E-state index in [1.165, 1.54) is 13.3 Å². The Balaban J connectivity index is 2.14. The summed E-state index contributed by atoms with van der Waals surface area (Å²) in [7, 11) is 1.53. The second-order valence-electron chi connectivity index (χ2n) is 3.67. The summed E-state index contributed by atoms with van der Waals surface area (Å²) < 4.78 is 5.03. The Morgan fingerprint density at radius 3 is 2.63 bits per heavy atom. The summed E-state index contributed by atoms with van der Waals surface area (Å²) in [6, 6.07) is 8.14. The van der Waals surface area contributed by atoms with Gasteiger partial charge in [-0.05, 0) is 30.3 Å². The number of benzene rings is 1. The third-order valence-electron chi connectivity index (χ3n) is 2.40. The molecule has 0 aliphatic rings. The number of carbonyl (C=O) groups excluding carboxylic acids is 1. The van der Waals surface area contributed by atoms with Crippen LogP contribution in [0.3, 0.4) is 0 Å². The fourth-order valence-electron chi connectivity index (χ4n) is 1.46. The maximum atomic E-state index is 11.9. The second-order valence-corrected chi connectivity index (χ2v) is 4.47. The fourth-order valence-corrected chi connectivity index (χ4v) is 1.83. The molecule has 2 aromatic rings. The van der Waals surface area contributed by atoms with Gasteiger partial charge in [0, 0.05) is 11.9 Å². The molecule has 0 spiro atoms. The van der Waals surface area contributed by atoms with E-state index in [0.717, 1.165) is 0 Å². The van der Waals surface area contributed by atoms with Gasteiger partial charge in [-0.3, -0.25) is 4.79 Å². The van der Waals surface area contributed by atoms with Crippen LogP contribution in [0.5, 0.6) is 5.75 Å². The van der Waals surface area contributed by atoms with Gasteiger partial charge in [0.15, 0.2) is 0 Å². The molecule has 0 saturated heterocycles. The predicted molar refractivity (Wildman–Crippen MR) is 75.2 cm³/mol. The summed E-state index contributed by atoms with van der Waals surface area (Å²) in [6.45, 7) is 0. The van der Waals surface area contributed by atoms with Gasteiger partial charge < -0.3 is 10.1 Å². The second kappa shape index (κ2) is 5.91. The zero-order valence-electron chi connectivity index (χ0n) is 9.98. The van der Waals surface area contributed by atoms with Gasteiger partial charge in [-0.1, -0.05) is 23.2 Å². The van der Waals surface area contributed by atoms with E-state index in [9.17, 15) is 4.79 Å². The molecule has 0 bridgehead atoms. The highest BCUT2D eigenvalue weighted by atomic mass is 35.5. The molecule has 0 fully saturated rings. The van der Waals surface area contributed by atoms with E-state index in [2.05, 4.69) is 10.3 Å². The lowest BCUT2D eigenvalue weighted by Crippen LogP contribution is -2.12. The lowest BCUT2D eigenvalue weighted by molar-refractivity contribution is 0.102. The molecule has 4 nitrogen and oxygen atoms in total. The summed E-state index contributed by atoms with van der Waals surface area (Å²) in [4.78, 5) is 15.8. The number of pyridine rings is 1. The molecular weight excluding hydrogens is 287 g/mol. The number of anilines is 1. The molecule has 6 heteroatoms. The lowest BCUT2D eigenvalue weighted by atomic mass is 10.2. The minimum atomic E-state index is -0.287. The molecule has 0 atom stereocenters. The van der Waals surface area contributed by atoms with Crippen LogP contribution in [0.15, 0.2) is 36.5 Å². The van der Waals surface area contributed by atoms with Crippen molar-refractivity contribution in [3.8, 4) is 5.75 Å². The Hall–Kier alpha value is -1.78. The average molecular weight is 297 g/mol. The number of carbonyl (C=O) groups is 1. The van der Waals surface area contributed by atoms with Crippen LogP contribution in [0.2, 0.25) is 10.2 Å². The average Bonchev–Trinajstić information content (AvgIpc) is 2.39. The number of nitrogens with zero attached hydrogens (tertiary/aromatic N) is 1. The number of halogens is 2. The van der Waals surface area contributed by atoms with E-state index in [1.807, 2.05) is 0 Å². The van der Waals surface area contributed by atoms with Crippen molar-refractivity contribution in [2.24, 2.45) is 0 Å². The molecule has 2 rings (SSSR count). The molecule has 0 saturated carbocycles. The minimum Gasteiger partial charge on any atom is -0.495 e. The van der Waals surface area contributed by atoms with Crippen molar-refractivity contribution in [2.45, 2.75) is 0 Å². The number of hydrogen-bond donors (Lipinski definition) is 1. The monoisotopic (exact) mass is 296 g/mol. The van der Waals surface area contributed by atoms with Gasteiger partial charge in [-0.2, -0.15) is 0 Å². The Morgan fingerprint density at radius 2 is 2.05 bits per heavy atom. The van der Waals surface area contributed by atoms with Crippen molar-refractivity contribution in [2.75, 3.05) is 12.4 Å². The molecule has 0 aliphatic heterocycles. The number of ether oxygens (including phenoxy) is 1. The van der Waals surface area contributed by atoms with E-state index < -0.39 is 0 Å². The SMILES string of the molecule is COc1ccc(NC(=O)c2ccc(Cl)nc2)cc1Cl. The number of aromatic nitrogens is 1. The summed E-state index contributed by atoms with van der Waals surface area (Å²) in [5, 5.41) is 3.47. The van der Waals surface area contributed by atoms with Crippen molar-refractivity contribution < 1.29 is 9.53 Å². The molecule has 0 aliphatic carbocycles. The highest BCUT2D eigenvalue weighted by Gasteiger charge is 2.08. The molecule has 1 heterocycles. The first-order valence-electron chi connectivity index (χ1n) is 5.36. The van der Waals surface area contributed by atoms with Gasteiger partial charge in [-0.25, -0.2) is 4.98 Å². The standard InChI is InChI=1S/C13H10Cl2N2O2/c1-19-11-4-3-9(6-10(11)14)17-13(18)8-2-5-12(15)16-7-8/h2-7H,1H3,(H,17,18). The van der Waals surface area contributed by atoms with E-state index in [0.29, 0.717) is 27.2 Å². The van der Waals surface area contributed by atoms with Crippen LogP contribution in [0.4, 0.5) is 5.69 Å². The summed E-state index contributed by atoms with van der Waals surface area (Å²) in [6.07, 6.45) is 1.41. The quantitative estimate of drug-likeness (QED) is 0.880. The maximum absolute atomic E-state index is 11.9. The first-order valence-corrected chi connectivity index (χ1v) is 6.12. The van der Waals surface area contributed by atoms with Crippen molar-refractivity contribution in [1.82, 2.24) is 4.98 Å². The third-order valence-corrected chi connectivity index (χ3v) is 2.92. The number of methoxy groups -OCH3 is 1. The van der Waals surface area contributed by atoms with Crippen molar-refractivity contribution in [1.29, 1.82) is 0 Å². The van der Waals surface area contributed by atoms with Crippen LogP contribution in [-0.4, -0.2) is 18.0 Å². The largest absolute Gasteiger partial charge is 0.495 e. The van der Waals surface area contributed by atoms with E-state index in [1.54, 1.807) is 30.3 Å². The molecule has 19 heavy (non-hydrogen) atoms. The number of amides is 1. The lowest BCUT2D eigenvalue weighted by Gasteiger charge is -2.08. The van der Waals surface area contributed by atoms with Gasteiger partial charge in [-0.15, -0.1) is 0 Å². The van der Waals surface area contributed by atoms with Gasteiger partial charge >= 0.3 is 0 Å². The van der Waals surface area contributed by atoms with Crippen molar-refractivity contribution in [3.63, 3.8) is 0 Å². The predicted octanol–water partition coefficient (Wildman–Crippen LogP) is 3.65. The molecule has 98 valence electrons. The minimum absolute atomic E-state index is 0.287. The molecule has 1 amide bonds. The zero-order chi connectivity index (χ0) is 13.8. The molecule has 1 aromatic carbocycles. The fraction of sp³-hybridized carbons (Fsp3) is 0.0769. The van der Waals surface area contributed by atoms with Gasteiger partial charge in [0.25, 0.3) is 5.91 Å². The highest BCUT2D eigenvalue weighted by molar-refractivity contribution is 6.32. The van der Waals surface area contributed by atoms with Crippen LogP contribution < -0.4 is 10.1 Å². The molecule has 1 aromatic heterocycles. The topological polar surface area (TPSA) is 51.2 Å². The Labute approximate surface area is 120 Å². The summed E-state index contributed by atoms with van der Waals surface area (Å²) in [5.74, 6) is 0.262. The van der Waals surface area contributed by atoms with E-state index in [-0.39, 0.29) is 5.91 Å². The Morgan fingerprint density at radius 1 is 1.26 bits per heavy atom. The highest BCUT2D eigenvalue weighted by Crippen LogP contribution is 2.27. The van der Waals surface area contributed by atoms with E-state index >= 15 is 0 Å². The number of rotatable bonds is 3. The first kappa shape index (κ1) is 13.6. The normalized spacial score (nSPS) is 10.1. The Bertz CT molecular complexity index is 600. The Kier molecular flexibility index (Phi) is 4.24. The van der Waals surface area contributed by atoms with Crippen LogP contribution in [-0.2, 0) is 0 Å². The van der Waals surface area contributed by atoms with Crippen LogP contribution in [0.25, 0.3) is 0 Å². The maximum Gasteiger partial charge on any atom is 0.257 e. The first-order chi connectivity index (χ1) is 9.10. The molecular formula is C13H10Cl2N2O2. The summed E-state index contributed by atoms with van der Waals surface area (Å²) in [5.41, 5.74) is 0.988.